The predicted molar refractivity (Wildman–Crippen MR) is 140 cm³/mol. The molecule has 1 aliphatic heterocycles. The molecule has 1 heterocycles. The van der Waals surface area contributed by atoms with E-state index in [2.05, 4.69) is 5.32 Å². The van der Waals surface area contributed by atoms with Crippen molar-refractivity contribution in [2.45, 2.75) is 6.61 Å². The fourth-order valence-corrected chi connectivity index (χ4v) is 4.68. The van der Waals surface area contributed by atoms with E-state index in [0.29, 0.717) is 21.4 Å². The monoisotopic (exact) mass is 564 g/mol. The molecular formula is C25H16Cl3FN2O4S. The van der Waals surface area contributed by atoms with Gasteiger partial charge in [0.15, 0.2) is 0 Å². The largest absolute Gasteiger partial charge is 0.489 e. The number of carbonyl (C=O) groups is 3. The van der Waals surface area contributed by atoms with Crippen molar-refractivity contribution in [2.75, 3.05) is 11.9 Å². The Morgan fingerprint density at radius 2 is 1.83 bits per heavy atom. The first-order valence-electron chi connectivity index (χ1n) is 10.4. The number of imide groups is 1. The van der Waals surface area contributed by atoms with Gasteiger partial charge in [-0.05, 0) is 65.9 Å². The van der Waals surface area contributed by atoms with E-state index in [1.807, 2.05) is 0 Å². The molecule has 184 valence electrons. The van der Waals surface area contributed by atoms with E-state index >= 15 is 0 Å². The Hall–Kier alpha value is -3.04. The number of thioether (sulfide) groups is 1. The first-order valence-corrected chi connectivity index (χ1v) is 12.3. The van der Waals surface area contributed by atoms with Crippen molar-refractivity contribution in [3.63, 3.8) is 0 Å². The van der Waals surface area contributed by atoms with E-state index in [0.717, 1.165) is 28.3 Å². The lowest BCUT2D eigenvalue weighted by Gasteiger charge is -2.12. The number of amides is 3. The van der Waals surface area contributed by atoms with Gasteiger partial charge in [-0.1, -0.05) is 53.0 Å². The van der Waals surface area contributed by atoms with E-state index in [-0.39, 0.29) is 22.2 Å². The minimum Gasteiger partial charge on any atom is -0.489 e. The lowest BCUT2D eigenvalue weighted by molar-refractivity contribution is -0.127. The quantitative estimate of drug-likeness (QED) is 0.311. The van der Waals surface area contributed by atoms with Crippen LogP contribution in [0.3, 0.4) is 0 Å². The van der Waals surface area contributed by atoms with Crippen LogP contribution in [0.15, 0.2) is 65.6 Å². The predicted octanol–water partition coefficient (Wildman–Crippen LogP) is 7.04. The summed E-state index contributed by atoms with van der Waals surface area (Å²) in [5.41, 5.74) is 1.63. The average Bonchev–Trinajstić information content (AvgIpc) is 3.08. The van der Waals surface area contributed by atoms with Gasteiger partial charge in [0, 0.05) is 21.3 Å². The average molecular weight is 566 g/mol. The van der Waals surface area contributed by atoms with Gasteiger partial charge in [-0.3, -0.25) is 19.3 Å². The molecule has 0 unspecified atom stereocenters. The molecule has 0 saturated carbocycles. The number of carbonyl (C=O) groups excluding carboxylic acids is 3. The number of hydrogen-bond acceptors (Lipinski definition) is 5. The van der Waals surface area contributed by atoms with Gasteiger partial charge in [-0.2, -0.15) is 0 Å². The normalized spacial score (nSPS) is 14.4. The van der Waals surface area contributed by atoms with Crippen molar-refractivity contribution in [2.24, 2.45) is 0 Å². The fraction of sp³-hybridized carbons (Fsp3) is 0.0800. The van der Waals surface area contributed by atoms with Gasteiger partial charge in [0.25, 0.3) is 11.1 Å². The summed E-state index contributed by atoms with van der Waals surface area (Å²) in [6.45, 7) is -0.285. The lowest BCUT2D eigenvalue weighted by Crippen LogP contribution is -2.36. The summed E-state index contributed by atoms with van der Waals surface area (Å²) in [7, 11) is 0. The van der Waals surface area contributed by atoms with E-state index in [1.54, 1.807) is 48.5 Å². The Labute approximate surface area is 225 Å². The molecule has 3 aromatic rings. The minimum absolute atomic E-state index is 0.163. The van der Waals surface area contributed by atoms with E-state index < -0.39 is 29.4 Å². The van der Waals surface area contributed by atoms with E-state index in [4.69, 9.17) is 39.5 Å². The summed E-state index contributed by atoms with van der Waals surface area (Å²) in [6, 6.07) is 15.7. The molecule has 1 saturated heterocycles. The number of ether oxygens (including phenoxy) is 1. The number of rotatable bonds is 7. The SMILES string of the molecule is O=C(CN1C(=O)S/C(=C/c2cccc(OCc3ccc(Cl)cc3Cl)c2)C1=O)Nc1ccc(F)c(Cl)c1. The smallest absolute Gasteiger partial charge is 0.294 e. The van der Waals surface area contributed by atoms with Crippen LogP contribution in [0, 0.1) is 5.82 Å². The molecule has 1 N–H and O–H groups in total. The molecule has 11 heteroatoms. The molecule has 6 nitrogen and oxygen atoms in total. The third kappa shape index (κ3) is 6.39. The zero-order valence-corrected chi connectivity index (χ0v) is 21.3. The molecule has 36 heavy (non-hydrogen) atoms. The Morgan fingerprint density at radius 1 is 1.03 bits per heavy atom. The van der Waals surface area contributed by atoms with E-state index in [9.17, 15) is 18.8 Å². The number of nitrogens with one attached hydrogen (secondary N) is 1. The molecule has 3 amide bonds. The van der Waals surface area contributed by atoms with E-state index in [1.165, 1.54) is 12.1 Å². The standard InChI is InChI=1S/C25H16Cl3FN2O4S/c26-16-5-4-15(19(27)10-16)13-35-18-3-1-2-14(8-18)9-22-24(33)31(25(34)36-22)12-23(32)30-17-6-7-21(29)20(28)11-17/h1-11H,12-13H2,(H,30,32)/b22-9+. The number of anilines is 1. The van der Waals surface area contributed by atoms with Gasteiger partial charge in [0.2, 0.25) is 5.91 Å². The topological polar surface area (TPSA) is 75.7 Å². The van der Waals surface area contributed by atoms with Gasteiger partial charge in [-0.15, -0.1) is 0 Å². The second-order valence-electron chi connectivity index (χ2n) is 7.54. The Balaban J connectivity index is 1.40. The number of halogens is 4. The van der Waals surface area contributed by atoms with Crippen LogP contribution in [-0.2, 0) is 16.2 Å². The van der Waals surface area contributed by atoms with Crippen molar-refractivity contribution >= 4 is 75.4 Å². The lowest BCUT2D eigenvalue weighted by atomic mass is 10.2. The highest BCUT2D eigenvalue weighted by Gasteiger charge is 2.36. The molecule has 4 rings (SSSR count). The van der Waals surface area contributed by atoms with Gasteiger partial charge in [0.05, 0.1) is 9.93 Å². The van der Waals surface area contributed by atoms with Crippen molar-refractivity contribution in [1.82, 2.24) is 4.90 Å². The summed E-state index contributed by atoms with van der Waals surface area (Å²) in [5.74, 6) is -1.32. The maximum Gasteiger partial charge on any atom is 0.294 e. The molecule has 1 aliphatic rings. The van der Waals surface area contributed by atoms with Crippen LogP contribution in [0.4, 0.5) is 14.9 Å². The van der Waals surface area contributed by atoms with Crippen molar-refractivity contribution in [3.05, 3.63) is 97.6 Å². The molecule has 0 atom stereocenters. The van der Waals surface area contributed by atoms with Crippen LogP contribution >= 0.6 is 46.6 Å². The van der Waals surface area contributed by atoms with Crippen LogP contribution in [0.25, 0.3) is 6.08 Å². The molecule has 0 aliphatic carbocycles. The molecule has 1 fully saturated rings. The Morgan fingerprint density at radius 3 is 2.58 bits per heavy atom. The van der Waals surface area contributed by atoms with Crippen LogP contribution < -0.4 is 10.1 Å². The zero-order valence-electron chi connectivity index (χ0n) is 18.3. The first-order chi connectivity index (χ1) is 17.2. The molecule has 0 bridgehead atoms. The molecular weight excluding hydrogens is 550 g/mol. The van der Waals surface area contributed by atoms with Crippen molar-refractivity contribution in [3.8, 4) is 5.75 Å². The number of benzene rings is 3. The maximum atomic E-state index is 13.3. The molecule has 0 spiro atoms. The fourth-order valence-electron chi connectivity index (χ4n) is 3.20. The summed E-state index contributed by atoms with van der Waals surface area (Å²) >= 11 is 18.5. The maximum absolute atomic E-state index is 13.3. The Bertz CT molecular complexity index is 1400. The summed E-state index contributed by atoms with van der Waals surface area (Å²) < 4.78 is 19.1. The van der Waals surface area contributed by atoms with Crippen molar-refractivity contribution in [1.29, 1.82) is 0 Å². The van der Waals surface area contributed by atoms with Gasteiger partial charge in [-0.25, -0.2) is 4.39 Å². The van der Waals surface area contributed by atoms with Crippen LogP contribution in [0.5, 0.6) is 5.75 Å². The molecule has 0 radical (unpaired) electrons. The van der Waals surface area contributed by atoms with Crippen LogP contribution in [0.1, 0.15) is 11.1 Å². The zero-order chi connectivity index (χ0) is 25.8. The molecule has 0 aromatic heterocycles. The second kappa shape index (κ2) is 11.3. The highest BCUT2D eigenvalue weighted by atomic mass is 35.5. The van der Waals surface area contributed by atoms with Crippen LogP contribution in [-0.4, -0.2) is 28.5 Å². The Kier molecular flexibility index (Phi) is 8.21. The van der Waals surface area contributed by atoms with Gasteiger partial charge >= 0.3 is 0 Å². The minimum atomic E-state index is -0.631. The highest BCUT2D eigenvalue weighted by molar-refractivity contribution is 8.18. The third-order valence-electron chi connectivity index (χ3n) is 4.94. The van der Waals surface area contributed by atoms with Gasteiger partial charge in [0.1, 0.15) is 24.7 Å². The van der Waals surface area contributed by atoms with Crippen LogP contribution in [0.2, 0.25) is 15.1 Å². The summed E-state index contributed by atoms with van der Waals surface area (Å²) in [6.07, 6.45) is 1.55. The highest BCUT2D eigenvalue weighted by Crippen LogP contribution is 2.33. The first kappa shape index (κ1) is 26.0. The van der Waals surface area contributed by atoms with Gasteiger partial charge < -0.3 is 10.1 Å². The third-order valence-corrected chi connectivity index (χ3v) is 6.73. The molecule has 3 aromatic carbocycles. The number of hydrogen-bond donors (Lipinski definition) is 1. The van der Waals surface area contributed by atoms with Crippen molar-refractivity contribution < 1.29 is 23.5 Å². The number of nitrogens with zero attached hydrogens (tertiary/aromatic N) is 1. The summed E-state index contributed by atoms with van der Waals surface area (Å²) in [4.78, 5) is 38.5. The second-order valence-corrected chi connectivity index (χ2v) is 9.79. The summed E-state index contributed by atoms with van der Waals surface area (Å²) in [5, 5.41) is 2.75.